The monoisotopic (exact) mass is 222 g/mol. The highest BCUT2D eigenvalue weighted by Crippen LogP contribution is 2.25. The van der Waals surface area contributed by atoms with Gasteiger partial charge < -0.3 is 10.4 Å². The fourth-order valence-corrected chi connectivity index (χ4v) is 2.33. The maximum atomic E-state index is 9.08. The summed E-state index contributed by atoms with van der Waals surface area (Å²) in [6.07, 6.45) is 0.895. The van der Waals surface area contributed by atoms with Gasteiger partial charge in [0, 0.05) is 0 Å². The van der Waals surface area contributed by atoms with Crippen molar-refractivity contribution in [2.75, 3.05) is 11.9 Å². The van der Waals surface area contributed by atoms with Gasteiger partial charge in [-0.25, -0.2) is 4.98 Å². The van der Waals surface area contributed by atoms with E-state index in [0.29, 0.717) is 0 Å². The molecule has 2 N–H and O–H groups in total. The third-order valence-electron chi connectivity index (χ3n) is 2.33. The Morgan fingerprint density at radius 1 is 1.47 bits per heavy atom. The first kappa shape index (κ1) is 10.4. The van der Waals surface area contributed by atoms with Gasteiger partial charge in [0.05, 0.1) is 22.9 Å². The van der Waals surface area contributed by atoms with Crippen molar-refractivity contribution in [3.63, 3.8) is 0 Å². The van der Waals surface area contributed by atoms with Gasteiger partial charge in [-0.1, -0.05) is 30.4 Å². The molecule has 0 amide bonds. The molecule has 4 heteroatoms. The number of aromatic nitrogens is 1. The minimum absolute atomic E-state index is 0.102. The predicted octanol–water partition coefficient (Wildman–Crippen LogP) is 2.48. The number of nitrogens with one attached hydrogen (secondary N) is 1. The third-order valence-corrected chi connectivity index (χ3v) is 3.30. The molecule has 1 heterocycles. The average Bonchev–Trinajstić information content (AvgIpc) is 2.68. The Kier molecular flexibility index (Phi) is 3.18. The summed E-state index contributed by atoms with van der Waals surface area (Å²) in [4.78, 5) is 4.44. The van der Waals surface area contributed by atoms with Gasteiger partial charge in [0.25, 0.3) is 0 Å². The topological polar surface area (TPSA) is 45.1 Å². The van der Waals surface area contributed by atoms with Crippen LogP contribution in [0.25, 0.3) is 10.2 Å². The van der Waals surface area contributed by atoms with Gasteiger partial charge in [-0.3, -0.25) is 0 Å². The van der Waals surface area contributed by atoms with E-state index < -0.39 is 0 Å². The Labute approximate surface area is 92.8 Å². The molecule has 80 valence electrons. The number of hydrogen-bond donors (Lipinski definition) is 2. The molecule has 0 saturated heterocycles. The number of thiazole rings is 1. The van der Waals surface area contributed by atoms with Gasteiger partial charge in [-0.05, 0) is 18.6 Å². The largest absolute Gasteiger partial charge is 0.394 e. The summed E-state index contributed by atoms with van der Waals surface area (Å²) in [5, 5.41) is 13.2. The van der Waals surface area contributed by atoms with Crippen LogP contribution in [0.5, 0.6) is 0 Å². The van der Waals surface area contributed by atoms with Crippen LogP contribution in [0.3, 0.4) is 0 Å². The highest BCUT2D eigenvalue weighted by atomic mass is 32.1. The van der Waals surface area contributed by atoms with Crippen LogP contribution in [0.4, 0.5) is 5.13 Å². The van der Waals surface area contributed by atoms with Crippen LogP contribution in [0.15, 0.2) is 24.3 Å². The quantitative estimate of drug-likeness (QED) is 0.835. The molecular formula is C11H14N2OS. The van der Waals surface area contributed by atoms with Crippen molar-refractivity contribution in [3.8, 4) is 0 Å². The SMILES string of the molecule is CC[C@H](CO)Nc1nc2ccccc2s1. The summed E-state index contributed by atoms with van der Waals surface area (Å²) in [6.45, 7) is 2.19. The lowest BCUT2D eigenvalue weighted by Gasteiger charge is -2.11. The van der Waals surface area contributed by atoms with Crippen molar-refractivity contribution < 1.29 is 5.11 Å². The molecule has 0 aliphatic rings. The number of aliphatic hydroxyl groups is 1. The first-order chi connectivity index (χ1) is 7.33. The minimum atomic E-state index is 0.102. The van der Waals surface area contributed by atoms with Crippen molar-refractivity contribution in [1.29, 1.82) is 0 Å². The van der Waals surface area contributed by atoms with E-state index in [1.165, 1.54) is 4.70 Å². The summed E-state index contributed by atoms with van der Waals surface area (Å²) < 4.78 is 1.17. The molecule has 3 nitrogen and oxygen atoms in total. The number of para-hydroxylation sites is 1. The van der Waals surface area contributed by atoms with Crippen molar-refractivity contribution in [2.24, 2.45) is 0 Å². The van der Waals surface area contributed by atoms with Gasteiger partial charge in [0.15, 0.2) is 5.13 Å². The van der Waals surface area contributed by atoms with E-state index in [-0.39, 0.29) is 12.6 Å². The molecule has 1 aromatic heterocycles. The molecule has 0 spiro atoms. The lowest BCUT2D eigenvalue weighted by molar-refractivity contribution is 0.272. The number of nitrogens with zero attached hydrogens (tertiary/aromatic N) is 1. The van der Waals surface area contributed by atoms with E-state index in [1.54, 1.807) is 11.3 Å². The summed E-state index contributed by atoms with van der Waals surface area (Å²) in [7, 11) is 0. The Bertz CT molecular complexity index is 404. The van der Waals surface area contributed by atoms with Crippen LogP contribution < -0.4 is 5.32 Å². The molecule has 0 radical (unpaired) electrons. The second kappa shape index (κ2) is 4.59. The van der Waals surface area contributed by atoms with E-state index >= 15 is 0 Å². The molecule has 0 unspecified atom stereocenters. The van der Waals surface area contributed by atoms with Crippen LogP contribution in [-0.4, -0.2) is 22.7 Å². The second-order valence-corrected chi connectivity index (χ2v) is 4.45. The predicted molar refractivity (Wildman–Crippen MR) is 64.4 cm³/mol. The van der Waals surface area contributed by atoms with E-state index in [1.807, 2.05) is 25.1 Å². The average molecular weight is 222 g/mol. The first-order valence-corrected chi connectivity index (χ1v) is 5.88. The van der Waals surface area contributed by atoms with Gasteiger partial charge >= 0.3 is 0 Å². The number of anilines is 1. The highest BCUT2D eigenvalue weighted by Gasteiger charge is 2.07. The lowest BCUT2D eigenvalue weighted by Crippen LogP contribution is -2.22. The molecule has 2 aromatic rings. The fraction of sp³-hybridized carbons (Fsp3) is 0.364. The Morgan fingerprint density at radius 2 is 2.27 bits per heavy atom. The maximum Gasteiger partial charge on any atom is 0.184 e. The number of rotatable bonds is 4. The standard InChI is InChI=1S/C11H14N2OS/c1-2-8(7-14)12-11-13-9-5-3-4-6-10(9)15-11/h3-6,8,14H,2,7H2,1H3,(H,12,13)/t8-/m1/s1. The van der Waals surface area contributed by atoms with E-state index in [2.05, 4.69) is 16.4 Å². The summed E-state index contributed by atoms with van der Waals surface area (Å²) in [5.41, 5.74) is 1.01. The van der Waals surface area contributed by atoms with Crippen LogP contribution in [0, 0.1) is 0 Å². The van der Waals surface area contributed by atoms with E-state index in [0.717, 1.165) is 17.1 Å². The number of hydrogen-bond acceptors (Lipinski definition) is 4. The molecule has 15 heavy (non-hydrogen) atoms. The van der Waals surface area contributed by atoms with Crippen molar-refractivity contribution in [2.45, 2.75) is 19.4 Å². The zero-order valence-corrected chi connectivity index (χ0v) is 9.42. The van der Waals surface area contributed by atoms with Gasteiger partial charge in [0.2, 0.25) is 0 Å². The molecule has 0 aliphatic heterocycles. The Balaban J connectivity index is 2.21. The van der Waals surface area contributed by atoms with E-state index in [9.17, 15) is 0 Å². The van der Waals surface area contributed by atoms with Crippen molar-refractivity contribution >= 4 is 26.7 Å². The van der Waals surface area contributed by atoms with Crippen LogP contribution >= 0.6 is 11.3 Å². The van der Waals surface area contributed by atoms with Gasteiger partial charge in [0.1, 0.15) is 0 Å². The Morgan fingerprint density at radius 3 is 2.93 bits per heavy atom. The zero-order valence-electron chi connectivity index (χ0n) is 8.60. The summed E-state index contributed by atoms with van der Waals surface area (Å²) >= 11 is 1.62. The van der Waals surface area contributed by atoms with Crippen molar-refractivity contribution in [1.82, 2.24) is 4.98 Å². The zero-order chi connectivity index (χ0) is 10.7. The molecule has 0 bridgehead atoms. The fourth-order valence-electron chi connectivity index (χ4n) is 1.39. The van der Waals surface area contributed by atoms with Gasteiger partial charge in [-0.2, -0.15) is 0 Å². The molecular weight excluding hydrogens is 208 g/mol. The maximum absolute atomic E-state index is 9.08. The van der Waals surface area contributed by atoms with Crippen LogP contribution in [0.2, 0.25) is 0 Å². The van der Waals surface area contributed by atoms with Crippen LogP contribution in [-0.2, 0) is 0 Å². The summed E-state index contributed by atoms with van der Waals surface area (Å²) in [6, 6.07) is 8.14. The number of aliphatic hydroxyl groups excluding tert-OH is 1. The first-order valence-electron chi connectivity index (χ1n) is 5.06. The Hall–Kier alpha value is -1.13. The summed E-state index contributed by atoms with van der Waals surface area (Å²) in [5.74, 6) is 0. The normalized spacial score (nSPS) is 12.9. The second-order valence-electron chi connectivity index (χ2n) is 3.42. The molecule has 1 atom stereocenters. The molecule has 1 aromatic carbocycles. The molecule has 0 saturated carbocycles. The molecule has 0 fully saturated rings. The number of benzene rings is 1. The third kappa shape index (κ3) is 2.27. The van der Waals surface area contributed by atoms with Crippen molar-refractivity contribution in [3.05, 3.63) is 24.3 Å². The van der Waals surface area contributed by atoms with Gasteiger partial charge in [-0.15, -0.1) is 0 Å². The van der Waals surface area contributed by atoms with E-state index in [4.69, 9.17) is 5.11 Å². The molecule has 0 aliphatic carbocycles. The number of fused-ring (bicyclic) bond motifs is 1. The molecule has 2 rings (SSSR count). The van der Waals surface area contributed by atoms with Crippen LogP contribution in [0.1, 0.15) is 13.3 Å². The smallest absolute Gasteiger partial charge is 0.184 e. The highest BCUT2D eigenvalue weighted by molar-refractivity contribution is 7.22. The lowest BCUT2D eigenvalue weighted by atomic mass is 10.2. The minimum Gasteiger partial charge on any atom is -0.394 e.